The minimum absolute atomic E-state index is 0.222. The average molecular weight is 463 g/mol. The first-order chi connectivity index (χ1) is 14.8. The van der Waals surface area contributed by atoms with Crippen LogP contribution in [-0.2, 0) is 14.4 Å². The second-order valence-electron chi connectivity index (χ2n) is 10.1. The molecule has 0 radical (unpaired) electrons. The number of nitrogens with zero attached hydrogens (tertiary/aromatic N) is 1. The maximum Gasteiger partial charge on any atom is 0.244 e. The Kier molecular flexibility index (Phi) is 4.49. The van der Waals surface area contributed by atoms with E-state index in [2.05, 4.69) is 5.32 Å². The Morgan fingerprint density at radius 2 is 1.77 bits per heavy atom. The van der Waals surface area contributed by atoms with Crippen LogP contribution >= 0.6 is 23.4 Å². The lowest BCUT2D eigenvalue weighted by Gasteiger charge is -2.57. The van der Waals surface area contributed by atoms with E-state index in [1.807, 2.05) is 0 Å². The number of ketones is 1. The molecule has 31 heavy (non-hydrogen) atoms. The Morgan fingerprint density at radius 1 is 1.13 bits per heavy atom. The van der Waals surface area contributed by atoms with Crippen LogP contribution in [0.2, 0.25) is 5.02 Å². The van der Waals surface area contributed by atoms with Crippen molar-refractivity contribution in [3.8, 4) is 0 Å². The van der Waals surface area contributed by atoms with Crippen molar-refractivity contribution in [2.75, 3.05) is 5.75 Å². The van der Waals surface area contributed by atoms with Crippen molar-refractivity contribution >= 4 is 41.0 Å². The first-order valence-electron chi connectivity index (χ1n) is 11.1. The molecule has 1 aromatic rings. The van der Waals surface area contributed by atoms with Crippen LogP contribution < -0.4 is 5.32 Å². The number of nitrogens with one attached hydrogen (secondary N) is 1. The monoisotopic (exact) mass is 462 g/mol. The standard InChI is InChI=1S/C23H24ClFN2O3S/c24-16-6-14(25)1-2-15(16)22-27-17(10-31-22)19(28)18(21(27)30)20(29)26-23-7-11-3-12(8-23)5-13(4-11)9-23/h1-2,6,11-13,17-18,22H,3-5,7-10H2,(H,26,29)/t11?,12?,13?,17?,18?,22-,23?/m0/s1. The van der Waals surface area contributed by atoms with E-state index in [1.165, 1.54) is 48.1 Å². The summed E-state index contributed by atoms with van der Waals surface area (Å²) in [5, 5.41) is 2.94. The molecule has 7 rings (SSSR count). The van der Waals surface area contributed by atoms with E-state index >= 15 is 0 Å². The predicted molar refractivity (Wildman–Crippen MR) is 115 cm³/mol. The van der Waals surface area contributed by atoms with Gasteiger partial charge in [-0.2, -0.15) is 0 Å². The summed E-state index contributed by atoms with van der Waals surface area (Å²) in [4.78, 5) is 41.2. The van der Waals surface area contributed by atoms with Gasteiger partial charge in [-0.05, 0) is 68.4 Å². The second-order valence-corrected chi connectivity index (χ2v) is 11.7. The molecule has 8 heteroatoms. The SMILES string of the molecule is O=C(NC12CC3CC(CC(C3)C1)C2)C1C(=O)C2CS[C@@H](c3ccc(F)cc3Cl)N2C1=O. The summed E-state index contributed by atoms with van der Waals surface area (Å²) in [6.07, 6.45) is 6.67. The van der Waals surface area contributed by atoms with Crippen LogP contribution in [-0.4, -0.2) is 39.8 Å². The van der Waals surface area contributed by atoms with Crippen LogP contribution in [0.3, 0.4) is 0 Å². The van der Waals surface area contributed by atoms with Gasteiger partial charge in [0.1, 0.15) is 17.2 Å². The first-order valence-corrected chi connectivity index (χ1v) is 12.5. The maximum absolute atomic E-state index is 13.5. The summed E-state index contributed by atoms with van der Waals surface area (Å²) in [6.45, 7) is 0. The third kappa shape index (κ3) is 3.06. The van der Waals surface area contributed by atoms with Gasteiger partial charge in [-0.15, -0.1) is 11.8 Å². The molecule has 2 unspecified atom stereocenters. The Bertz CT molecular complexity index is 966. The molecule has 4 saturated carbocycles. The molecule has 1 aromatic carbocycles. The van der Waals surface area contributed by atoms with E-state index in [9.17, 15) is 18.8 Å². The lowest BCUT2D eigenvalue weighted by atomic mass is 9.53. The Morgan fingerprint density at radius 3 is 2.39 bits per heavy atom. The molecule has 5 nitrogen and oxygen atoms in total. The van der Waals surface area contributed by atoms with Crippen molar-refractivity contribution in [3.63, 3.8) is 0 Å². The molecular weight excluding hydrogens is 439 g/mol. The fourth-order valence-electron chi connectivity index (χ4n) is 7.24. The quantitative estimate of drug-likeness (QED) is 0.695. The molecule has 2 saturated heterocycles. The fraction of sp³-hybridized carbons (Fsp3) is 0.609. The highest BCUT2D eigenvalue weighted by Gasteiger charge is 2.58. The molecule has 3 atom stereocenters. The fourth-order valence-corrected chi connectivity index (χ4v) is 9.06. The molecular formula is C23H24ClFN2O3S. The lowest BCUT2D eigenvalue weighted by molar-refractivity contribution is -0.142. The van der Waals surface area contributed by atoms with E-state index in [-0.39, 0.29) is 16.3 Å². The van der Waals surface area contributed by atoms with Crippen LogP contribution in [0.15, 0.2) is 18.2 Å². The van der Waals surface area contributed by atoms with Crippen molar-refractivity contribution in [2.24, 2.45) is 23.7 Å². The van der Waals surface area contributed by atoms with Crippen molar-refractivity contribution in [1.82, 2.24) is 10.2 Å². The van der Waals surface area contributed by atoms with Crippen molar-refractivity contribution in [3.05, 3.63) is 34.6 Å². The summed E-state index contributed by atoms with van der Waals surface area (Å²) in [5.41, 5.74) is 0.354. The zero-order valence-corrected chi connectivity index (χ0v) is 18.6. The number of halogens is 2. The Labute approximate surface area is 189 Å². The molecule has 4 aliphatic carbocycles. The van der Waals surface area contributed by atoms with Crippen LogP contribution in [0, 0.1) is 29.5 Å². The molecule has 2 aliphatic heterocycles. The van der Waals surface area contributed by atoms with Gasteiger partial charge in [0.2, 0.25) is 11.8 Å². The molecule has 6 fully saturated rings. The van der Waals surface area contributed by atoms with E-state index < -0.39 is 35.0 Å². The third-order valence-electron chi connectivity index (χ3n) is 8.03. The predicted octanol–water partition coefficient (Wildman–Crippen LogP) is 3.71. The molecule has 1 N–H and O–H groups in total. The minimum atomic E-state index is -1.28. The summed E-state index contributed by atoms with van der Waals surface area (Å²) >= 11 is 7.66. The highest BCUT2D eigenvalue weighted by molar-refractivity contribution is 7.99. The van der Waals surface area contributed by atoms with E-state index in [1.54, 1.807) is 6.07 Å². The maximum atomic E-state index is 13.5. The number of benzene rings is 1. The molecule has 0 spiro atoms. The number of thioether (sulfide) groups is 1. The van der Waals surface area contributed by atoms with Crippen molar-refractivity contribution in [1.29, 1.82) is 0 Å². The number of hydrogen-bond donors (Lipinski definition) is 1. The van der Waals surface area contributed by atoms with Gasteiger partial charge in [-0.25, -0.2) is 4.39 Å². The molecule has 4 bridgehead atoms. The van der Waals surface area contributed by atoms with Crippen LogP contribution in [0.25, 0.3) is 0 Å². The van der Waals surface area contributed by atoms with Crippen molar-refractivity contribution < 1.29 is 18.8 Å². The molecule has 0 aromatic heterocycles. The number of rotatable bonds is 3. The summed E-state index contributed by atoms with van der Waals surface area (Å²) in [5.74, 6) is -0.536. The van der Waals surface area contributed by atoms with Crippen LogP contribution in [0.1, 0.15) is 49.5 Å². The van der Waals surface area contributed by atoms with Gasteiger partial charge >= 0.3 is 0 Å². The van der Waals surface area contributed by atoms with Gasteiger partial charge in [0.05, 0.1) is 0 Å². The van der Waals surface area contributed by atoms with E-state index in [4.69, 9.17) is 11.6 Å². The van der Waals surface area contributed by atoms with E-state index in [0.29, 0.717) is 29.1 Å². The largest absolute Gasteiger partial charge is 0.350 e. The minimum Gasteiger partial charge on any atom is -0.350 e. The summed E-state index contributed by atoms with van der Waals surface area (Å²) in [6, 6.07) is 3.44. The summed E-state index contributed by atoms with van der Waals surface area (Å²) in [7, 11) is 0. The van der Waals surface area contributed by atoms with Gasteiger partial charge in [0, 0.05) is 21.9 Å². The van der Waals surface area contributed by atoms with Crippen LogP contribution in [0.4, 0.5) is 4.39 Å². The van der Waals surface area contributed by atoms with E-state index in [0.717, 1.165) is 19.3 Å². The molecule has 6 aliphatic rings. The molecule has 2 amide bonds. The normalized spacial score (nSPS) is 40.5. The topological polar surface area (TPSA) is 66.5 Å². The smallest absolute Gasteiger partial charge is 0.244 e. The zero-order valence-electron chi connectivity index (χ0n) is 17.0. The molecule has 2 heterocycles. The second kappa shape index (κ2) is 6.95. The zero-order chi connectivity index (χ0) is 21.5. The van der Waals surface area contributed by atoms with Crippen molar-refractivity contribution in [2.45, 2.75) is 55.5 Å². The summed E-state index contributed by atoms with van der Waals surface area (Å²) < 4.78 is 13.5. The number of fused-ring (bicyclic) bond motifs is 1. The lowest BCUT2D eigenvalue weighted by Crippen LogP contribution is -2.61. The van der Waals surface area contributed by atoms with Gasteiger partial charge < -0.3 is 10.2 Å². The number of carbonyl (C=O) groups is 3. The third-order valence-corrected chi connectivity index (χ3v) is 9.66. The van der Waals surface area contributed by atoms with Gasteiger partial charge in [-0.3, -0.25) is 14.4 Å². The highest BCUT2D eigenvalue weighted by atomic mass is 35.5. The van der Waals surface area contributed by atoms with Crippen LogP contribution in [0.5, 0.6) is 0 Å². The van der Waals surface area contributed by atoms with Gasteiger partial charge in [0.15, 0.2) is 11.7 Å². The molecule has 164 valence electrons. The Balaban J connectivity index is 1.24. The Hall–Kier alpha value is -1.60. The first kappa shape index (κ1) is 20.0. The number of amides is 2. The van der Waals surface area contributed by atoms with Gasteiger partial charge in [-0.1, -0.05) is 17.7 Å². The average Bonchev–Trinajstić information content (AvgIpc) is 3.20. The number of hydrogen-bond acceptors (Lipinski definition) is 4. The number of Topliss-reactive ketones (excluding diaryl/α,β-unsaturated/α-hetero) is 1. The number of carbonyl (C=O) groups excluding carboxylic acids is 3. The van der Waals surface area contributed by atoms with Gasteiger partial charge in [0.25, 0.3) is 0 Å². The highest BCUT2D eigenvalue weighted by Crippen LogP contribution is 2.56.